The van der Waals surface area contributed by atoms with E-state index >= 15 is 0 Å². The molecule has 2 nitrogen and oxygen atoms in total. The van der Waals surface area contributed by atoms with E-state index in [4.69, 9.17) is 4.43 Å². The number of hydrogen-bond donors (Lipinski definition) is 0. The van der Waals surface area contributed by atoms with Gasteiger partial charge in [0, 0.05) is 11.4 Å². The highest BCUT2D eigenvalue weighted by molar-refractivity contribution is 9.09. The topological polar surface area (TPSA) is 26.3 Å². The third-order valence-electron chi connectivity index (χ3n) is 2.50. The van der Waals surface area contributed by atoms with Crippen LogP contribution in [0.1, 0.15) is 20.8 Å². The molecular weight excluding hydrogens is 260 g/mol. The number of carbonyl (C=O) groups excluding carboxylic acids is 1. The molecule has 0 heterocycles. The van der Waals surface area contributed by atoms with Gasteiger partial charge < -0.3 is 4.43 Å². The zero-order valence-electron chi connectivity index (χ0n) is 9.56. The quantitative estimate of drug-likeness (QED) is 0.449. The largest absolute Gasteiger partial charge is 0.516 e. The lowest BCUT2D eigenvalue weighted by molar-refractivity contribution is -0.130. The molecule has 0 fully saturated rings. The van der Waals surface area contributed by atoms with Gasteiger partial charge in [0.15, 0.2) is 0 Å². The van der Waals surface area contributed by atoms with Crippen LogP contribution in [-0.4, -0.2) is 19.6 Å². The van der Waals surface area contributed by atoms with Crippen molar-refractivity contribution in [1.82, 2.24) is 0 Å². The Kier molecular flexibility index (Phi) is 5.08. The smallest absolute Gasteiger partial charge is 0.317 e. The summed E-state index contributed by atoms with van der Waals surface area (Å²) in [6, 6.07) is 0. The summed E-state index contributed by atoms with van der Waals surface area (Å²) in [5.41, 5.74) is 0. The van der Waals surface area contributed by atoms with E-state index in [1.54, 1.807) is 6.08 Å². The molecule has 0 atom stereocenters. The molecule has 0 radical (unpaired) electrons. The first-order valence-corrected chi connectivity index (χ1v) is 8.69. The van der Waals surface area contributed by atoms with Crippen LogP contribution in [0.2, 0.25) is 18.1 Å². The minimum Gasteiger partial charge on any atom is -0.516 e. The Morgan fingerprint density at radius 1 is 1.43 bits per heavy atom. The molecule has 0 amide bonds. The van der Waals surface area contributed by atoms with E-state index < -0.39 is 8.32 Å². The number of hydrogen-bond acceptors (Lipinski definition) is 2. The lowest BCUT2D eigenvalue weighted by Gasteiger charge is -2.34. The maximum absolute atomic E-state index is 11.4. The zero-order chi connectivity index (χ0) is 11.4. The number of alkyl halides is 1. The summed E-state index contributed by atoms with van der Waals surface area (Å²) >= 11 is 3.21. The predicted octanol–water partition coefficient (Wildman–Crippen LogP) is 3.49. The lowest BCUT2D eigenvalue weighted by atomic mass is 10.2. The average Bonchev–Trinajstić information content (AvgIpc) is 1.97. The van der Waals surface area contributed by atoms with Gasteiger partial charge in [-0.05, 0) is 18.1 Å². The van der Waals surface area contributed by atoms with Crippen molar-refractivity contribution < 1.29 is 9.22 Å². The Hall–Kier alpha value is -0.0931. The van der Waals surface area contributed by atoms with Crippen molar-refractivity contribution in [2.75, 3.05) is 5.33 Å². The van der Waals surface area contributed by atoms with Gasteiger partial charge in [0.2, 0.25) is 0 Å². The molecule has 0 aliphatic heterocycles. The van der Waals surface area contributed by atoms with Gasteiger partial charge in [-0.3, -0.25) is 0 Å². The van der Waals surface area contributed by atoms with Crippen LogP contribution in [0.15, 0.2) is 12.2 Å². The van der Waals surface area contributed by atoms with Crippen molar-refractivity contribution >= 4 is 30.2 Å². The van der Waals surface area contributed by atoms with Gasteiger partial charge in [0.25, 0.3) is 8.32 Å². The molecule has 0 aromatic heterocycles. The number of allylic oxidation sites excluding steroid dienone is 1. The van der Waals surface area contributed by atoms with Crippen LogP contribution >= 0.6 is 15.9 Å². The van der Waals surface area contributed by atoms with E-state index in [1.165, 1.54) is 6.08 Å². The summed E-state index contributed by atoms with van der Waals surface area (Å²) in [6.07, 6.45) is 3.23. The molecule has 0 unspecified atom stereocenters. The molecule has 4 heteroatoms. The second-order valence-electron chi connectivity index (χ2n) is 4.74. The molecule has 0 aliphatic carbocycles. The van der Waals surface area contributed by atoms with Crippen molar-refractivity contribution in [3.05, 3.63) is 12.2 Å². The third kappa shape index (κ3) is 4.42. The second kappa shape index (κ2) is 5.12. The van der Waals surface area contributed by atoms with Crippen LogP contribution in [0.3, 0.4) is 0 Å². The Morgan fingerprint density at radius 2 is 1.93 bits per heavy atom. The molecule has 0 aromatic carbocycles. The molecule has 82 valence electrons. The Morgan fingerprint density at radius 3 is 2.29 bits per heavy atom. The average molecular weight is 279 g/mol. The minimum atomic E-state index is -1.93. The SMILES string of the molecule is CC(C)(C)[Si](C)(C)OC(=O)C=CCBr. The Balaban J connectivity index is 4.37. The van der Waals surface area contributed by atoms with Crippen molar-refractivity contribution in [2.24, 2.45) is 0 Å². The Labute approximate surface area is 96.0 Å². The van der Waals surface area contributed by atoms with E-state index in [2.05, 4.69) is 49.8 Å². The monoisotopic (exact) mass is 278 g/mol. The van der Waals surface area contributed by atoms with Crippen LogP contribution in [0.5, 0.6) is 0 Å². The molecular formula is C10H19BrO2Si. The van der Waals surface area contributed by atoms with Crippen LogP contribution in [0.4, 0.5) is 0 Å². The molecule has 0 bridgehead atoms. The fraction of sp³-hybridized carbons (Fsp3) is 0.700. The van der Waals surface area contributed by atoms with Gasteiger partial charge in [-0.2, -0.15) is 0 Å². The summed E-state index contributed by atoms with van der Waals surface area (Å²) in [5, 5.41) is 0.754. The van der Waals surface area contributed by atoms with Crippen molar-refractivity contribution in [3.63, 3.8) is 0 Å². The van der Waals surface area contributed by atoms with Crippen LogP contribution in [-0.2, 0) is 9.22 Å². The fourth-order valence-corrected chi connectivity index (χ4v) is 1.64. The fourth-order valence-electron chi connectivity index (χ4n) is 0.579. The highest BCUT2D eigenvalue weighted by atomic mass is 79.9. The molecule has 0 saturated heterocycles. The minimum absolute atomic E-state index is 0.0743. The van der Waals surface area contributed by atoms with Gasteiger partial charge in [0.1, 0.15) is 0 Å². The summed E-state index contributed by atoms with van der Waals surface area (Å²) in [7, 11) is -1.93. The maximum Gasteiger partial charge on any atom is 0.317 e. The molecule has 0 N–H and O–H groups in total. The third-order valence-corrected chi connectivity index (χ3v) is 7.20. The number of rotatable bonds is 3. The summed E-state index contributed by atoms with van der Waals surface area (Å²) in [4.78, 5) is 11.4. The first-order valence-electron chi connectivity index (χ1n) is 4.66. The van der Waals surface area contributed by atoms with E-state index in [9.17, 15) is 4.79 Å². The Bertz CT molecular complexity index is 229. The van der Waals surface area contributed by atoms with Gasteiger partial charge >= 0.3 is 5.97 Å². The maximum atomic E-state index is 11.4. The number of halogens is 1. The molecule has 0 aromatic rings. The molecule has 0 aliphatic rings. The molecule has 14 heavy (non-hydrogen) atoms. The molecule has 0 rings (SSSR count). The summed E-state index contributed by atoms with van der Waals surface area (Å²) in [5.74, 6) is -0.226. The van der Waals surface area contributed by atoms with E-state index in [0.29, 0.717) is 5.33 Å². The van der Waals surface area contributed by atoms with Crippen molar-refractivity contribution in [3.8, 4) is 0 Å². The standard InChI is InChI=1S/C10H19BrO2Si/c1-10(2,3)14(4,5)13-9(12)7-6-8-11/h6-7H,8H2,1-5H3. The van der Waals surface area contributed by atoms with Gasteiger partial charge in [-0.15, -0.1) is 0 Å². The van der Waals surface area contributed by atoms with E-state index in [-0.39, 0.29) is 11.0 Å². The highest BCUT2D eigenvalue weighted by Crippen LogP contribution is 2.36. The van der Waals surface area contributed by atoms with Gasteiger partial charge in [0.05, 0.1) is 0 Å². The van der Waals surface area contributed by atoms with Crippen LogP contribution in [0, 0.1) is 0 Å². The normalized spacial score (nSPS) is 13.3. The first kappa shape index (κ1) is 13.9. The second-order valence-corrected chi connectivity index (χ2v) is 10.1. The van der Waals surface area contributed by atoms with Gasteiger partial charge in [-0.25, -0.2) is 4.79 Å². The molecule has 0 saturated carbocycles. The predicted molar refractivity (Wildman–Crippen MR) is 66.2 cm³/mol. The first-order chi connectivity index (χ1) is 6.20. The van der Waals surface area contributed by atoms with Crippen LogP contribution < -0.4 is 0 Å². The summed E-state index contributed by atoms with van der Waals surface area (Å²) < 4.78 is 5.50. The summed E-state index contributed by atoms with van der Waals surface area (Å²) in [6.45, 7) is 10.5. The van der Waals surface area contributed by atoms with Crippen molar-refractivity contribution in [1.29, 1.82) is 0 Å². The lowest BCUT2D eigenvalue weighted by Crippen LogP contribution is -2.42. The molecule has 0 spiro atoms. The highest BCUT2D eigenvalue weighted by Gasteiger charge is 2.39. The van der Waals surface area contributed by atoms with Crippen LogP contribution in [0.25, 0.3) is 0 Å². The van der Waals surface area contributed by atoms with E-state index in [0.717, 1.165) is 0 Å². The number of carbonyl (C=O) groups is 1. The van der Waals surface area contributed by atoms with Gasteiger partial charge in [-0.1, -0.05) is 42.8 Å². The zero-order valence-corrected chi connectivity index (χ0v) is 12.1. The van der Waals surface area contributed by atoms with E-state index in [1.807, 2.05) is 0 Å². The van der Waals surface area contributed by atoms with Crippen molar-refractivity contribution in [2.45, 2.75) is 38.9 Å².